The number of nitrogens with zero attached hydrogens (tertiary/aromatic N) is 2. The summed E-state index contributed by atoms with van der Waals surface area (Å²) in [7, 11) is 0. The van der Waals surface area contributed by atoms with Crippen LogP contribution in [0.3, 0.4) is 0 Å². The van der Waals surface area contributed by atoms with E-state index >= 15 is 0 Å². The van der Waals surface area contributed by atoms with E-state index in [4.69, 9.17) is 4.42 Å². The van der Waals surface area contributed by atoms with Crippen molar-refractivity contribution in [2.45, 2.75) is 26.9 Å². The minimum absolute atomic E-state index is 0.122. The van der Waals surface area contributed by atoms with Gasteiger partial charge in [-0.25, -0.2) is 0 Å². The predicted molar refractivity (Wildman–Crippen MR) is 94.8 cm³/mol. The molecule has 0 bridgehead atoms. The molecular weight excluding hydrogens is 370 g/mol. The van der Waals surface area contributed by atoms with Crippen molar-refractivity contribution >= 4 is 21.8 Å². The minimum atomic E-state index is -0.122. The van der Waals surface area contributed by atoms with Crippen LogP contribution in [0.15, 0.2) is 51.6 Å². The number of halogens is 1. The average Bonchev–Trinajstić information content (AvgIpc) is 3.18. The zero-order valence-corrected chi connectivity index (χ0v) is 15.1. The molecule has 3 rings (SSSR count). The van der Waals surface area contributed by atoms with E-state index in [0.717, 1.165) is 27.2 Å². The van der Waals surface area contributed by atoms with Crippen LogP contribution in [0, 0.1) is 13.8 Å². The first-order valence-electron chi connectivity index (χ1n) is 7.63. The largest absolute Gasteiger partial charge is 0.467 e. The third-order valence-electron chi connectivity index (χ3n) is 3.82. The molecule has 0 radical (unpaired) electrons. The zero-order chi connectivity index (χ0) is 17.1. The summed E-state index contributed by atoms with van der Waals surface area (Å²) in [6.45, 7) is 4.98. The summed E-state index contributed by atoms with van der Waals surface area (Å²) in [4.78, 5) is 12.3. The Morgan fingerprint density at radius 2 is 2.12 bits per heavy atom. The standard InChI is InChI=1S/C18H18BrN3O2/c1-12-17(19)13(2)22(21-12)11-14-5-3-6-15(9-14)18(23)20-10-16-7-4-8-24-16/h3-9H,10-11H2,1-2H3,(H,20,23). The molecule has 0 aliphatic heterocycles. The third-order valence-corrected chi connectivity index (χ3v) is 4.97. The van der Waals surface area contributed by atoms with Gasteiger partial charge in [0.2, 0.25) is 0 Å². The second kappa shape index (κ2) is 7.05. The number of carbonyl (C=O) groups is 1. The van der Waals surface area contributed by atoms with Crippen molar-refractivity contribution in [3.05, 3.63) is 75.4 Å². The maximum absolute atomic E-state index is 12.3. The summed E-state index contributed by atoms with van der Waals surface area (Å²) in [5.74, 6) is 0.606. The van der Waals surface area contributed by atoms with Gasteiger partial charge in [0.05, 0.1) is 35.2 Å². The van der Waals surface area contributed by atoms with Crippen LogP contribution in [-0.2, 0) is 13.1 Å². The fourth-order valence-corrected chi connectivity index (χ4v) is 2.78. The smallest absolute Gasteiger partial charge is 0.251 e. The molecule has 0 saturated heterocycles. The second-order valence-corrected chi connectivity index (χ2v) is 6.40. The van der Waals surface area contributed by atoms with Crippen LogP contribution in [0.5, 0.6) is 0 Å². The quantitative estimate of drug-likeness (QED) is 0.723. The molecule has 5 nitrogen and oxygen atoms in total. The molecule has 2 heterocycles. The highest BCUT2D eigenvalue weighted by Gasteiger charge is 2.11. The van der Waals surface area contributed by atoms with Gasteiger partial charge in [-0.2, -0.15) is 5.10 Å². The van der Waals surface area contributed by atoms with Crippen LogP contribution in [-0.4, -0.2) is 15.7 Å². The van der Waals surface area contributed by atoms with Crippen molar-refractivity contribution in [2.24, 2.45) is 0 Å². The number of amides is 1. The minimum Gasteiger partial charge on any atom is -0.467 e. The fraction of sp³-hybridized carbons (Fsp3) is 0.222. The summed E-state index contributed by atoms with van der Waals surface area (Å²) in [6.07, 6.45) is 1.59. The van der Waals surface area contributed by atoms with Crippen molar-refractivity contribution in [3.8, 4) is 0 Å². The SMILES string of the molecule is Cc1nn(Cc2cccc(C(=O)NCc3ccco3)c2)c(C)c1Br. The summed E-state index contributed by atoms with van der Waals surface area (Å²) >= 11 is 3.53. The fourth-order valence-electron chi connectivity index (χ4n) is 2.50. The normalized spacial score (nSPS) is 10.8. The molecule has 0 aliphatic carbocycles. The number of nitrogens with one attached hydrogen (secondary N) is 1. The Morgan fingerprint density at radius 1 is 1.29 bits per heavy atom. The van der Waals surface area contributed by atoms with Crippen LogP contribution in [0.2, 0.25) is 0 Å². The first-order chi connectivity index (χ1) is 11.5. The van der Waals surface area contributed by atoms with E-state index in [1.54, 1.807) is 18.4 Å². The Bertz CT molecular complexity index is 853. The van der Waals surface area contributed by atoms with Gasteiger partial charge in [0.1, 0.15) is 5.76 Å². The molecule has 24 heavy (non-hydrogen) atoms. The topological polar surface area (TPSA) is 60.1 Å². The van der Waals surface area contributed by atoms with E-state index in [9.17, 15) is 4.79 Å². The molecule has 0 atom stereocenters. The van der Waals surface area contributed by atoms with Gasteiger partial charge in [0.25, 0.3) is 5.91 Å². The Labute approximate surface area is 148 Å². The Kier molecular flexibility index (Phi) is 4.85. The molecule has 6 heteroatoms. The number of carbonyl (C=O) groups excluding carboxylic acids is 1. The highest BCUT2D eigenvalue weighted by molar-refractivity contribution is 9.10. The number of benzene rings is 1. The molecule has 3 aromatic rings. The first kappa shape index (κ1) is 16.5. The number of rotatable bonds is 5. The second-order valence-electron chi connectivity index (χ2n) is 5.60. The Morgan fingerprint density at radius 3 is 2.79 bits per heavy atom. The third kappa shape index (κ3) is 3.59. The van der Waals surface area contributed by atoms with Crippen LogP contribution in [0.25, 0.3) is 0 Å². The van der Waals surface area contributed by atoms with E-state index in [1.165, 1.54) is 0 Å². The van der Waals surface area contributed by atoms with Crippen LogP contribution < -0.4 is 5.32 Å². The molecule has 0 spiro atoms. The first-order valence-corrected chi connectivity index (χ1v) is 8.43. The Hall–Kier alpha value is -2.34. The van der Waals surface area contributed by atoms with Crippen molar-refractivity contribution in [1.29, 1.82) is 0 Å². The molecule has 0 unspecified atom stereocenters. The number of aryl methyl sites for hydroxylation is 1. The number of hydrogen-bond donors (Lipinski definition) is 1. The van der Waals surface area contributed by atoms with Crippen LogP contribution in [0.4, 0.5) is 0 Å². The summed E-state index contributed by atoms with van der Waals surface area (Å²) in [5.41, 5.74) is 3.68. The van der Waals surface area contributed by atoms with Gasteiger partial charge in [0, 0.05) is 5.56 Å². The molecule has 1 aromatic carbocycles. The summed E-state index contributed by atoms with van der Waals surface area (Å²) in [6, 6.07) is 11.2. The van der Waals surface area contributed by atoms with E-state index in [2.05, 4.69) is 26.3 Å². The van der Waals surface area contributed by atoms with Crippen molar-refractivity contribution in [3.63, 3.8) is 0 Å². The molecular formula is C18H18BrN3O2. The highest BCUT2D eigenvalue weighted by atomic mass is 79.9. The number of aromatic nitrogens is 2. The predicted octanol–water partition coefficient (Wildman–Crippen LogP) is 3.83. The summed E-state index contributed by atoms with van der Waals surface area (Å²) < 4.78 is 8.17. The van der Waals surface area contributed by atoms with Gasteiger partial charge in [0.15, 0.2) is 0 Å². The molecule has 1 amide bonds. The van der Waals surface area contributed by atoms with E-state index in [-0.39, 0.29) is 5.91 Å². The molecule has 2 aromatic heterocycles. The van der Waals surface area contributed by atoms with E-state index in [0.29, 0.717) is 18.7 Å². The van der Waals surface area contributed by atoms with E-state index in [1.807, 2.05) is 42.8 Å². The van der Waals surface area contributed by atoms with Gasteiger partial charge in [-0.15, -0.1) is 0 Å². The maximum Gasteiger partial charge on any atom is 0.251 e. The zero-order valence-electron chi connectivity index (χ0n) is 13.5. The van der Waals surface area contributed by atoms with Gasteiger partial charge >= 0.3 is 0 Å². The van der Waals surface area contributed by atoms with Crippen LogP contribution in [0.1, 0.15) is 33.1 Å². The van der Waals surface area contributed by atoms with Gasteiger partial charge in [-0.05, 0) is 59.6 Å². The van der Waals surface area contributed by atoms with Gasteiger partial charge in [-0.1, -0.05) is 12.1 Å². The molecule has 0 aliphatic rings. The van der Waals surface area contributed by atoms with Crippen molar-refractivity contribution in [1.82, 2.24) is 15.1 Å². The lowest BCUT2D eigenvalue weighted by Gasteiger charge is -2.08. The average molecular weight is 388 g/mol. The molecule has 0 saturated carbocycles. The Balaban J connectivity index is 1.71. The lowest BCUT2D eigenvalue weighted by Crippen LogP contribution is -2.22. The maximum atomic E-state index is 12.3. The monoisotopic (exact) mass is 387 g/mol. The lowest BCUT2D eigenvalue weighted by atomic mass is 10.1. The number of hydrogen-bond acceptors (Lipinski definition) is 3. The highest BCUT2D eigenvalue weighted by Crippen LogP contribution is 2.20. The van der Waals surface area contributed by atoms with Gasteiger partial charge < -0.3 is 9.73 Å². The molecule has 1 N–H and O–H groups in total. The number of furan rings is 1. The van der Waals surface area contributed by atoms with Crippen LogP contribution >= 0.6 is 15.9 Å². The van der Waals surface area contributed by atoms with Gasteiger partial charge in [-0.3, -0.25) is 9.48 Å². The van der Waals surface area contributed by atoms with Crippen molar-refractivity contribution < 1.29 is 9.21 Å². The lowest BCUT2D eigenvalue weighted by molar-refractivity contribution is 0.0948. The molecule has 0 fully saturated rings. The van der Waals surface area contributed by atoms with Crippen molar-refractivity contribution in [2.75, 3.05) is 0 Å². The summed E-state index contributed by atoms with van der Waals surface area (Å²) in [5, 5.41) is 7.36. The van der Waals surface area contributed by atoms with E-state index < -0.39 is 0 Å². The molecule has 124 valence electrons.